The van der Waals surface area contributed by atoms with Gasteiger partial charge in [-0.3, -0.25) is 4.79 Å². The molecule has 0 fully saturated rings. The van der Waals surface area contributed by atoms with Crippen molar-refractivity contribution in [3.8, 4) is 5.75 Å². The second-order valence-corrected chi connectivity index (χ2v) is 9.65. The van der Waals surface area contributed by atoms with E-state index < -0.39 is 8.32 Å². The zero-order valence-electron chi connectivity index (χ0n) is 12.0. The number of amides is 1. The van der Waals surface area contributed by atoms with Crippen LogP contribution in [0.15, 0.2) is 24.3 Å². The predicted molar refractivity (Wildman–Crippen MR) is 77.7 cm³/mol. The van der Waals surface area contributed by atoms with Crippen LogP contribution in [0.25, 0.3) is 0 Å². The Bertz CT molecular complexity index is 409. The van der Waals surface area contributed by atoms with Gasteiger partial charge in [-0.05, 0) is 51.7 Å². The Morgan fingerprint density at radius 3 is 2.33 bits per heavy atom. The van der Waals surface area contributed by atoms with Crippen molar-refractivity contribution in [1.29, 1.82) is 0 Å². The lowest BCUT2D eigenvalue weighted by atomic mass is 10.2. The van der Waals surface area contributed by atoms with Crippen molar-refractivity contribution in [1.82, 2.24) is 4.90 Å². The highest BCUT2D eigenvalue weighted by molar-refractivity contribution is 6.70. The summed E-state index contributed by atoms with van der Waals surface area (Å²) < 4.78 is 5.91. The van der Waals surface area contributed by atoms with Crippen LogP contribution in [-0.4, -0.2) is 32.2 Å². The molecule has 0 saturated heterocycles. The minimum Gasteiger partial charge on any atom is -0.544 e. The first-order valence-corrected chi connectivity index (χ1v) is 9.86. The molecule has 1 aromatic carbocycles. The molecule has 3 nitrogen and oxygen atoms in total. The minimum atomic E-state index is -1.62. The second kappa shape index (κ2) is 6.04. The van der Waals surface area contributed by atoms with Gasteiger partial charge < -0.3 is 9.33 Å². The SMILES string of the molecule is CCN(CC)C(=O)c1cccc(O[Si](C)(C)C)c1. The third kappa shape index (κ3) is 4.18. The molecule has 4 heteroatoms. The fourth-order valence-electron chi connectivity index (χ4n) is 1.74. The first kappa shape index (κ1) is 14.8. The van der Waals surface area contributed by atoms with E-state index in [4.69, 9.17) is 4.43 Å². The summed E-state index contributed by atoms with van der Waals surface area (Å²) in [5, 5.41) is 0. The number of hydrogen-bond donors (Lipinski definition) is 0. The van der Waals surface area contributed by atoms with Crippen molar-refractivity contribution in [2.45, 2.75) is 33.5 Å². The van der Waals surface area contributed by atoms with E-state index in [1.165, 1.54) is 0 Å². The van der Waals surface area contributed by atoms with E-state index in [1.807, 2.05) is 43.0 Å². The van der Waals surface area contributed by atoms with E-state index >= 15 is 0 Å². The van der Waals surface area contributed by atoms with Gasteiger partial charge in [-0.2, -0.15) is 0 Å². The average molecular weight is 265 g/mol. The molecule has 1 rings (SSSR count). The Morgan fingerprint density at radius 1 is 1.22 bits per heavy atom. The average Bonchev–Trinajstić information content (AvgIpc) is 2.28. The lowest BCUT2D eigenvalue weighted by Gasteiger charge is -2.21. The Balaban J connectivity index is 2.91. The molecule has 0 aliphatic rings. The van der Waals surface area contributed by atoms with Crippen LogP contribution in [0.4, 0.5) is 0 Å². The normalized spacial score (nSPS) is 11.2. The zero-order chi connectivity index (χ0) is 13.8. The quantitative estimate of drug-likeness (QED) is 0.764. The third-order valence-corrected chi connectivity index (χ3v) is 3.40. The maximum absolute atomic E-state index is 12.2. The topological polar surface area (TPSA) is 29.5 Å². The van der Waals surface area contributed by atoms with Crippen LogP contribution in [0.1, 0.15) is 24.2 Å². The standard InChI is InChI=1S/C14H23NO2Si/c1-6-15(7-2)14(16)12-9-8-10-13(11-12)17-18(3,4)5/h8-11H,6-7H2,1-5H3. The van der Waals surface area contributed by atoms with E-state index in [-0.39, 0.29) is 5.91 Å². The van der Waals surface area contributed by atoms with Gasteiger partial charge in [0, 0.05) is 18.7 Å². The van der Waals surface area contributed by atoms with Crippen LogP contribution < -0.4 is 4.43 Å². The van der Waals surface area contributed by atoms with Crippen molar-refractivity contribution < 1.29 is 9.22 Å². The van der Waals surface area contributed by atoms with Crippen LogP contribution in [0.3, 0.4) is 0 Å². The van der Waals surface area contributed by atoms with Crippen molar-refractivity contribution in [3.05, 3.63) is 29.8 Å². The van der Waals surface area contributed by atoms with Crippen LogP contribution in [0.5, 0.6) is 5.75 Å². The second-order valence-electron chi connectivity index (χ2n) is 5.22. The molecule has 0 spiro atoms. The van der Waals surface area contributed by atoms with Gasteiger partial charge >= 0.3 is 0 Å². The Hall–Kier alpha value is -1.29. The molecule has 1 amide bonds. The largest absolute Gasteiger partial charge is 0.544 e. The summed E-state index contributed by atoms with van der Waals surface area (Å²) in [5.41, 5.74) is 0.703. The van der Waals surface area contributed by atoms with Gasteiger partial charge in [-0.1, -0.05) is 6.07 Å². The first-order valence-electron chi connectivity index (χ1n) is 6.45. The number of benzene rings is 1. The summed E-state index contributed by atoms with van der Waals surface area (Å²) in [6.07, 6.45) is 0. The lowest BCUT2D eigenvalue weighted by Crippen LogP contribution is -2.31. The molecule has 1 aromatic rings. The molecule has 0 aromatic heterocycles. The Kier molecular flexibility index (Phi) is 4.96. The molecule has 0 N–H and O–H groups in total. The van der Waals surface area contributed by atoms with Gasteiger partial charge in [-0.15, -0.1) is 0 Å². The first-order chi connectivity index (χ1) is 8.37. The monoisotopic (exact) mass is 265 g/mol. The number of hydrogen-bond acceptors (Lipinski definition) is 2. The highest BCUT2D eigenvalue weighted by Gasteiger charge is 2.18. The third-order valence-electron chi connectivity index (χ3n) is 2.56. The molecule has 0 saturated carbocycles. The molecular weight excluding hydrogens is 242 g/mol. The van der Waals surface area contributed by atoms with Crippen molar-refractivity contribution in [3.63, 3.8) is 0 Å². The van der Waals surface area contributed by atoms with Gasteiger partial charge in [0.05, 0.1) is 0 Å². The summed E-state index contributed by atoms with van der Waals surface area (Å²) in [6, 6.07) is 7.49. The maximum Gasteiger partial charge on any atom is 0.253 e. The predicted octanol–water partition coefficient (Wildman–Crippen LogP) is 3.38. The van der Waals surface area contributed by atoms with Gasteiger partial charge in [0.2, 0.25) is 8.32 Å². The molecule has 0 bridgehead atoms. The van der Waals surface area contributed by atoms with E-state index in [2.05, 4.69) is 19.6 Å². The van der Waals surface area contributed by atoms with E-state index in [0.717, 1.165) is 18.8 Å². The number of nitrogens with zero attached hydrogens (tertiary/aromatic N) is 1. The molecule has 18 heavy (non-hydrogen) atoms. The minimum absolute atomic E-state index is 0.0704. The summed E-state index contributed by atoms with van der Waals surface area (Å²) in [4.78, 5) is 14.0. The molecule has 0 radical (unpaired) electrons. The summed E-state index contributed by atoms with van der Waals surface area (Å²) >= 11 is 0. The molecule has 0 atom stereocenters. The molecule has 0 heterocycles. The molecule has 0 aliphatic carbocycles. The maximum atomic E-state index is 12.2. The van der Waals surface area contributed by atoms with Gasteiger partial charge in [-0.25, -0.2) is 0 Å². The zero-order valence-corrected chi connectivity index (χ0v) is 13.0. The van der Waals surface area contributed by atoms with Gasteiger partial charge in [0.25, 0.3) is 5.91 Å². The molecular formula is C14H23NO2Si. The molecule has 0 unspecified atom stereocenters. The Morgan fingerprint density at radius 2 is 1.83 bits per heavy atom. The number of carbonyl (C=O) groups is 1. The number of rotatable bonds is 5. The van der Waals surface area contributed by atoms with Crippen LogP contribution in [-0.2, 0) is 0 Å². The van der Waals surface area contributed by atoms with E-state index in [9.17, 15) is 4.79 Å². The fourth-order valence-corrected chi connectivity index (χ4v) is 2.57. The van der Waals surface area contributed by atoms with E-state index in [1.54, 1.807) is 0 Å². The van der Waals surface area contributed by atoms with Crippen molar-refractivity contribution in [2.24, 2.45) is 0 Å². The van der Waals surface area contributed by atoms with Crippen molar-refractivity contribution in [2.75, 3.05) is 13.1 Å². The van der Waals surface area contributed by atoms with Crippen LogP contribution in [0.2, 0.25) is 19.6 Å². The smallest absolute Gasteiger partial charge is 0.253 e. The highest BCUT2D eigenvalue weighted by atomic mass is 28.4. The summed E-state index contributed by atoms with van der Waals surface area (Å²) in [5.74, 6) is 0.869. The van der Waals surface area contributed by atoms with Crippen LogP contribution in [0, 0.1) is 0 Å². The van der Waals surface area contributed by atoms with Crippen molar-refractivity contribution >= 4 is 14.2 Å². The lowest BCUT2D eigenvalue weighted by molar-refractivity contribution is 0.0772. The highest BCUT2D eigenvalue weighted by Crippen LogP contribution is 2.18. The fraction of sp³-hybridized carbons (Fsp3) is 0.500. The summed E-state index contributed by atoms with van der Waals surface area (Å²) in [6.45, 7) is 11.8. The summed E-state index contributed by atoms with van der Waals surface area (Å²) in [7, 11) is -1.62. The molecule has 0 aliphatic heterocycles. The van der Waals surface area contributed by atoms with Gasteiger partial charge in [0.15, 0.2) is 0 Å². The Labute approximate surface area is 111 Å². The van der Waals surface area contributed by atoms with E-state index in [0.29, 0.717) is 5.56 Å². The number of carbonyl (C=O) groups excluding carboxylic acids is 1. The molecule has 100 valence electrons. The van der Waals surface area contributed by atoms with Gasteiger partial charge in [0.1, 0.15) is 5.75 Å². The van der Waals surface area contributed by atoms with Crippen LogP contribution >= 0.6 is 0 Å².